The minimum absolute atomic E-state index is 0.292. The lowest BCUT2D eigenvalue weighted by Crippen LogP contribution is -2.16. The quantitative estimate of drug-likeness (QED) is 0.790. The molecule has 0 spiro atoms. The Kier molecular flexibility index (Phi) is 6.25. The van der Waals surface area contributed by atoms with E-state index in [9.17, 15) is 9.90 Å². The van der Waals surface area contributed by atoms with Gasteiger partial charge in [0.15, 0.2) is 17.6 Å². The predicted molar refractivity (Wildman–Crippen MR) is 92.4 cm³/mol. The van der Waals surface area contributed by atoms with Gasteiger partial charge in [-0.2, -0.15) is 0 Å². The Balaban J connectivity index is 2.51. The second-order valence-corrected chi connectivity index (χ2v) is 5.38. The lowest BCUT2D eigenvalue weighted by molar-refractivity contribution is -0.149. The molecule has 0 aliphatic carbocycles. The number of hydrogen-bond donors (Lipinski definition) is 1. The van der Waals surface area contributed by atoms with E-state index in [4.69, 9.17) is 18.9 Å². The van der Waals surface area contributed by atoms with E-state index in [-0.39, 0.29) is 0 Å². The highest BCUT2D eigenvalue weighted by Crippen LogP contribution is 2.43. The molecule has 0 bridgehead atoms. The third kappa shape index (κ3) is 4.03. The van der Waals surface area contributed by atoms with Crippen LogP contribution in [0.5, 0.6) is 17.2 Å². The molecule has 6 heteroatoms. The van der Waals surface area contributed by atoms with E-state index < -0.39 is 12.1 Å². The molecule has 0 amide bonds. The van der Waals surface area contributed by atoms with E-state index in [1.54, 1.807) is 13.0 Å². The number of aliphatic carboxylic acids is 1. The first-order valence-electron chi connectivity index (χ1n) is 7.71. The summed E-state index contributed by atoms with van der Waals surface area (Å²) < 4.78 is 21.8. The van der Waals surface area contributed by atoms with Crippen molar-refractivity contribution in [3.8, 4) is 17.2 Å². The van der Waals surface area contributed by atoms with Crippen molar-refractivity contribution in [3.63, 3.8) is 0 Å². The maximum atomic E-state index is 11.6. The van der Waals surface area contributed by atoms with Gasteiger partial charge in [-0.25, -0.2) is 4.79 Å². The van der Waals surface area contributed by atoms with Crippen molar-refractivity contribution in [2.75, 3.05) is 21.3 Å². The first-order chi connectivity index (χ1) is 12.0. The molecule has 0 saturated heterocycles. The summed E-state index contributed by atoms with van der Waals surface area (Å²) in [5.41, 5.74) is 1.99. The smallest absolute Gasteiger partial charge is 0.337 e. The minimum atomic E-state index is -1.18. The summed E-state index contributed by atoms with van der Waals surface area (Å²) in [6, 6.07) is 11.2. The monoisotopic (exact) mass is 346 g/mol. The van der Waals surface area contributed by atoms with Gasteiger partial charge in [-0.15, -0.1) is 0 Å². The third-order valence-corrected chi connectivity index (χ3v) is 3.85. The van der Waals surface area contributed by atoms with Gasteiger partial charge < -0.3 is 24.1 Å². The van der Waals surface area contributed by atoms with E-state index >= 15 is 0 Å². The second-order valence-electron chi connectivity index (χ2n) is 5.38. The Hall–Kier alpha value is -2.73. The molecule has 0 aromatic heterocycles. The van der Waals surface area contributed by atoms with Crippen LogP contribution in [0.2, 0.25) is 0 Å². The zero-order valence-corrected chi connectivity index (χ0v) is 14.7. The van der Waals surface area contributed by atoms with Crippen LogP contribution < -0.4 is 14.2 Å². The summed E-state index contributed by atoms with van der Waals surface area (Å²) >= 11 is 0. The van der Waals surface area contributed by atoms with E-state index in [2.05, 4.69) is 0 Å². The van der Waals surface area contributed by atoms with E-state index in [0.29, 0.717) is 35.0 Å². The van der Waals surface area contributed by atoms with Gasteiger partial charge in [0.25, 0.3) is 0 Å². The summed E-state index contributed by atoms with van der Waals surface area (Å²) in [5.74, 6) is 0.217. The normalized spacial score (nSPS) is 11.7. The van der Waals surface area contributed by atoms with Crippen LogP contribution in [0.3, 0.4) is 0 Å². The Morgan fingerprint density at radius 3 is 2.28 bits per heavy atom. The van der Waals surface area contributed by atoms with Crippen molar-refractivity contribution >= 4 is 5.97 Å². The molecule has 1 N–H and O–H groups in total. The summed E-state index contributed by atoms with van der Waals surface area (Å²) in [5, 5.41) is 9.46. The summed E-state index contributed by atoms with van der Waals surface area (Å²) in [4.78, 5) is 11.6. The van der Waals surface area contributed by atoms with Crippen molar-refractivity contribution < 1.29 is 28.8 Å². The van der Waals surface area contributed by atoms with Crippen LogP contribution in [0.25, 0.3) is 0 Å². The van der Waals surface area contributed by atoms with Crippen LogP contribution >= 0.6 is 0 Å². The van der Waals surface area contributed by atoms with Crippen LogP contribution in [0.4, 0.5) is 0 Å². The van der Waals surface area contributed by atoms with Gasteiger partial charge in [0.2, 0.25) is 0 Å². The zero-order chi connectivity index (χ0) is 18.4. The molecule has 0 saturated carbocycles. The molecule has 134 valence electrons. The summed E-state index contributed by atoms with van der Waals surface area (Å²) in [6.07, 6.45) is -1.18. The average Bonchev–Trinajstić information content (AvgIpc) is 2.61. The number of ether oxygens (including phenoxy) is 4. The van der Waals surface area contributed by atoms with Crippen molar-refractivity contribution in [1.29, 1.82) is 0 Å². The fourth-order valence-electron chi connectivity index (χ4n) is 2.66. The van der Waals surface area contributed by atoms with Gasteiger partial charge in [-0.05, 0) is 18.6 Å². The molecule has 6 nitrogen and oxygen atoms in total. The number of carbonyl (C=O) groups is 1. The van der Waals surface area contributed by atoms with Gasteiger partial charge in [-0.3, -0.25) is 0 Å². The molecular weight excluding hydrogens is 324 g/mol. The first kappa shape index (κ1) is 18.6. The maximum Gasteiger partial charge on any atom is 0.337 e. The van der Waals surface area contributed by atoms with Gasteiger partial charge in [0, 0.05) is 18.2 Å². The Morgan fingerprint density at radius 2 is 1.76 bits per heavy atom. The minimum Gasteiger partial charge on any atom is -0.493 e. The number of carboxylic acid groups (broad SMARTS) is 1. The molecule has 2 aromatic rings. The molecule has 0 aliphatic rings. The fourth-order valence-corrected chi connectivity index (χ4v) is 2.66. The molecular formula is C19H22O6. The van der Waals surface area contributed by atoms with Crippen molar-refractivity contribution in [2.45, 2.75) is 19.6 Å². The molecule has 25 heavy (non-hydrogen) atoms. The van der Waals surface area contributed by atoms with Crippen LogP contribution in [0.15, 0.2) is 36.4 Å². The van der Waals surface area contributed by atoms with Crippen LogP contribution in [-0.2, 0) is 16.1 Å². The van der Waals surface area contributed by atoms with Gasteiger partial charge >= 0.3 is 5.97 Å². The molecule has 2 rings (SSSR count). The standard InChI is InChI=1S/C19H22O6/c1-12-16(25-11-13-8-6-5-7-9-13)14(18(24-4)19(20)21)10-15(22-2)17(12)23-3/h5-10,18H,11H2,1-4H3,(H,20,21)/t18-/m1/s1. The highest BCUT2D eigenvalue weighted by atomic mass is 16.5. The number of methoxy groups -OCH3 is 3. The highest BCUT2D eigenvalue weighted by Gasteiger charge is 2.28. The van der Waals surface area contributed by atoms with E-state index in [0.717, 1.165) is 5.56 Å². The fraction of sp³-hybridized carbons (Fsp3) is 0.316. The van der Waals surface area contributed by atoms with Crippen molar-refractivity contribution in [3.05, 3.63) is 53.1 Å². The highest BCUT2D eigenvalue weighted by molar-refractivity contribution is 5.77. The molecule has 0 fully saturated rings. The summed E-state index contributed by atoms with van der Waals surface area (Å²) in [6.45, 7) is 2.08. The zero-order valence-electron chi connectivity index (χ0n) is 14.7. The molecule has 0 unspecified atom stereocenters. The van der Waals surface area contributed by atoms with E-state index in [1.165, 1.54) is 21.3 Å². The van der Waals surface area contributed by atoms with Gasteiger partial charge in [-0.1, -0.05) is 30.3 Å². The van der Waals surface area contributed by atoms with Gasteiger partial charge in [0.05, 0.1) is 14.2 Å². The van der Waals surface area contributed by atoms with Crippen LogP contribution in [0, 0.1) is 6.92 Å². The van der Waals surface area contributed by atoms with Crippen molar-refractivity contribution in [1.82, 2.24) is 0 Å². The molecule has 1 atom stereocenters. The first-order valence-corrected chi connectivity index (χ1v) is 7.71. The van der Waals surface area contributed by atoms with Crippen LogP contribution in [-0.4, -0.2) is 32.4 Å². The van der Waals surface area contributed by atoms with E-state index in [1.807, 2.05) is 30.3 Å². The summed E-state index contributed by atoms with van der Waals surface area (Å²) in [7, 11) is 4.36. The lowest BCUT2D eigenvalue weighted by Gasteiger charge is -2.22. The molecule has 0 heterocycles. The SMILES string of the molecule is COc1cc([C@@H](OC)C(=O)O)c(OCc2ccccc2)c(C)c1OC. The number of hydrogen-bond acceptors (Lipinski definition) is 5. The third-order valence-electron chi connectivity index (χ3n) is 3.85. The Labute approximate surface area is 146 Å². The molecule has 0 radical (unpaired) electrons. The number of carboxylic acids is 1. The number of benzene rings is 2. The van der Waals surface area contributed by atoms with Crippen LogP contribution in [0.1, 0.15) is 22.8 Å². The van der Waals surface area contributed by atoms with Crippen molar-refractivity contribution in [2.24, 2.45) is 0 Å². The average molecular weight is 346 g/mol. The topological polar surface area (TPSA) is 74.2 Å². The second kappa shape index (κ2) is 8.39. The Morgan fingerprint density at radius 1 is 1.08 bits per heavy atom. The molecule has 2 aromatic carbocycles. The number of rotatable bonds is 8. The Bertz CT molecular complexity index is 726. The van der Waals surface area contributed by atoms with Gasteiger partial charge in [0.1, 0.15) is 12.4 Å². The maximum absolute atomic E-state index is 11.6. The predicted octanol–water partition coefficient (Wildman–Crippen LogP) is 3.36. The largest absolute Gasteiger partial charge is 0.493 e. The lowest BCUT2D eigenvalue weighted by atomic mass is 10.0. The molecule has 0 aliphatic heterocycles.